The molecule has 0 N–H and O–H groups in total. The van der Waals surface area contributed by atoms with Crippen LogP contribution in [0.3, 0.4) is 0 Å². The number of hydrogen-bond donors (Lipinski definition) is 0. The zero-order valence-electron chi connectivity index (χ0n) is 28.6. The SMILES string of the molecule is CCN(CC)CCN(CC)CCC(=O)OCCC(C)(C)OCCC(C)(C)OC(=O)CCN(CC)CCN(CC)CC. The Bertz CT molecular complexity index is 681. The maximum Gasteiger partial charge on any atom is 0.307 e. The number of carbonyl (C=O) groups excluding carboxylic acids is 2. The summed E-state index contributed by atoms with van der Waals surface area (Å²) in [6.45, 7) is 33.1. The van der Waals surface area contributed by atoms with Gasteiger partial charge in [-0.3, -0.25) is 9.59 Å². The maximum atomic E-state index is 12.5. The van der Waals surface area contributed by atoms with Crippen molar-refractivity contribution in [2.24, 2.45) is 0 Å². The monoisotopic (exact) mass is 587 g/mol. The molecule has 9 heteroatoms. The van der Waals surface area contributed by atoms with Gasteiger partial charge in [0.1, 0.15) is 5.60 Å². The van der Waals surface area contributed by atoms with Crippen LogP contribution in [0.4, 0.5) is 0 Å². The number of carbonyl (C=O) groups is 2. The van der Waals surface area contributed by atoms with Crippen LogP contribution in [0.25, 0.3) is 0 Å². The van der Waals surface area contributed by atoms with E-state index in [1.807, 2.05) is 27.7 Å². The van der Waals surface area contributed by atoms with E-state index in [2.05, 4.69) is 61.1 Å². The Balaban J connectivity index is 4.29. The van der Waals surface area contributed by atoms with Crippen LogP contribution in [-0.4, -0.2) is 134 Å². The Morgan fingerprint density at radius 2 is 0.902 bits per heavy atom. The van der Waals surface area contributed by atoms with Gasteiger partial charge in [-0.25, -0.2) is 0 Å². The van der Waals surface area contributed by atoms with Gasteiger partial charge in [-0.15, -0.1) is 0 Å². The molecule has 9 nitrogen and oxygen atoms in total. The lowest BCUT2D eigenvalue weighted by Crippen LogP contribution is -2.37. The summed E-state index contributed by atoms with van der Waals surface area (Å²) in [7, 11) is 0. The van der Waals surface area contributed by atoms with Gasteiger partial charge in [0.05, 0.1) is 31.7 Å². The van der Waals surface area contributed by atoms with Crippen LogP contribution < -0.4 is 0 Å². The lowest BCUT2D eigenvalue weighted by molar-refractivity contribution is -0.159. The highest BCUT2D eigenvalue weighted by molar-refractivity contribution is 5.70. The average molecular weight is 587 g/mol. The van der Waals surface area contributed by atoms with Gasteiger partial charge in [-0.2, -0.15) is 0 Å². The summed E-state index contributed by atoms with van der Waals surface area (Å²) >= 11 is 0. The minimum Gasteiger partial charge on any atom is -0.466 e. The van der Waals surface area contributed by atoms with E-state index >= 15 is 0 Å². The Labute approximate surface area is 253 Å². The molecule has 0 spiro atoms. The van der Waals surface area contributed by atoms with Gasteiger partial charge in [0.2, 0.25) is 0 Å². The Morgan fingerprint density at radius 1 is 0.512 bits per heavy atom. The van der Waals surface area contributed by atoms with E-state index in [1.165, 1.54) is 0 Å². The molecule has 0 saturated carbocycles. The van der Waals surface area contributed by atoms with E-state index in [-0.39, 0.29) is 11.9 Å². The zero-order chi connectivity index (χ0) is 31.3. The minimum atomic E-state index is -0.603. The molecule has 0 amide bonds. The number of likely N-dealkylation sites (N-methyl/N-ethyl adjacent to an activating group) is 4. The fourth-order valence-electron chi connectivity index (χ4n) is 4.54. The molecule has 0 fully saturated rings. The molecule has 0 saturated heterocycles. The third kappa shape index (κ3) is 20.3. The van der Waals surface area contributed by atoms with Crippen LogP contribution in [0, 0.1) is 0 Å². The summed E-state index contributed by atoms with van der Waals surface area (Å²) < 4.78 is 17.4. The number of rotatable bonds is 26. The Hall–Kier alpha value is -1.26. The van der Waals surface area contributed by atoms with Crippen molar-refractivity contribution >= 4 is 11.9 Å². The normalized spacial score (nSPS) is 12.6. The number of esters is 2. The Morgan fingerprint density at radius 3 is 1.34 bits per heavy atom. The van der Waals surface area contributed by atoms with Gasteiger partial charge in [0, 0.05) is 52.1 Å². The van der Waals surface area contributed by atoms with E-state index < -0.39 is 11.2 Å². The van der Waals surface area contributed by atoms with Crippen molar-refractivity contribution in [3.63, 3.8) is 0 Å². The van der Waals surface area contributed by atoms with E-state index in [0.29, 0.717) is 45.4 Å². The van der Waals surface area contributed by atoms with E-state index in [0.717, 1.165) is 72.0 Å². The first-order valence-electron chi connectivity index (χ1n) is 16.3. The zero-order valence-corrected chi connectivity index (χ0v) is 28.6. The van der Waals surface area contributed by atoms with Gasteiger partial charge in [-0.1, -0.05) is 41.5 Å². The smallest absolute Gasteiger partial charge is 0.307 e. The van der Waals surface area contributed by atoms with Crippen molar-refractivity contribution in [1.29, 1.82) is 0 Å². The summed E-state index contributed by atoms with van der Waals surface area (Å²) in [5.74, 6) is -0.331. The van der Waals surface area contributed by atoms with E-state index in [4.69, 9.17) is 14.2 Å². The summed E-state index contributed by atoms with van der Waals surface area (Å²) in [6, 6.07) is 0. The second kappa shape index (κ2) is 22.3. The average Bonchev–Trinajstić information content (AvgIpc) is 2.92. The number of nitrogens with zero attached hydrogens (tertiary/aromatic N) is 4. The van der Waals surface area contributed by atoms with Gasteiger partial charge in [-0.05, 0) is 67.0 Å². The highest BCUT2D eigenvalue weighted by Crippen LogP contribution is 2.20. The molecule has 0 aliphatic carbocycles. The quantitative estimate of drug-likeness (QED) is 0.136. The summed E-state index contributed by atoms with van der Waals surface area (Å²) in [6.07, 6.45) is 2.00. The molecule has 0 aliphatic heterocycles. The second-order valence-corrected chi connectivity index (χ2v) is 12.0. The van der Waals surface area contributed by atoms with Crippen LogP contribution in [0.2, 0.25) is 0 Å². The first-order chi connectivity index (χ1) is 19.3. The molecule has 0 unspecified atom stereocenters. The van der Waals surface area contributed by atoms with Crippen molar-refractivity contribution in [3.8, 4) is 0 Å². The topological polar surface area (TPSA) is 74.8 Å². The number of ether oxygens (including phenoxy) is 3. The molecule has 0 atom stereocenters. The number of hydrogen-bond acceptors (Lipinski definition) is 9. The molecule has 0 aliphatic rings. The predicted molar refractivity (Wildman–Crippen MR) is 169 cm³/mol. The lowest BCUT2D eigenvalue weighted by Gasteiger charge is -2.30. The van der Waals surface area contributed by atoms with Crippen LogP contribution in [0.1, 0.15) is 94.9 Å². The maximum absolute atomic E-state index is 12.5. The third-order valence-electron chi connectivity index (χ3n) is 7.97. The molecule has 0 heterocycles. The van der Waals surface area contributed by atoms with Crippen molar-refractivity contribution in [2.75, 3.05) is 91.8 Å². The molecular formula is C32H66N4O5. The van der Waals surface area contributed by atoms with Crippen molar-refractivity contribution in [1.82, 2.24) is 19.6 Å². The lowest BCUT2D eigenvalue weighted by atomic mass is 10.0. The third-order valence-corrected chi connectivity index (χ3v) is 7.97. The van der Waals surface area contributed by atoms with Crippen LogP contribution >= 0.6 is 0 Å². The molecule has 0 radical (unpaired) electrons. The van der Waals surface area contributed by atoms with Crippen molar-refractivity contribution in [3.05, 3.63) is 0 Å². The van der Waals surface area contributed by atoms with Gasteiger partial charge < -0.3 is 33.8 Å². The molecule has 0 aromatic heterocycles. The molecule has 0 bridgehead atoms. The van der Waals surface area contributed by atoms with Crippen LogP contribution in [0.5, 0.6) is 0 Å². The largest absolute Gasteiger partial charge is 0.466 e. The fraction of sp³-hybridized carbons (Fsp3) is 0.938. The van der Waals surface area contributed by atoms with Gasteiger partial charge >= 0.3 is 11.9 Å². The van der Waals surface area contributed by atoms with Gasteiger partial charge in [0.15, 0.2) is 0 Å². The molecular weight excluding hydrogens is 520 g/mol. The molecule has 0 aromatic carbocycles. The summed E-state index contributed by atoms with van der Waals surface area (Å²) in [5.41, 5.74) is -1.04. The predicted octanol–water partition coefficient (Wildman–Crippen LogP) is 4.53. The fourth-order valence-corrected chi connectivity index (χ4v) is 4.54. The summed E-state index contributed by atoms with van der Waals surface area (Å²) in [4.78, 5) is 34.2. The Kier molecular flexibility index (Phi) is 21.6. The highest BCUT2D eigenvalue weighted by atomic mass is 16.6. The van der Waals surface area contributed by atoms with Crippen LogP contribution in [-0.2, 0) is 23.8 Å². The standard InChI is InChI=1S/C32H66N4O5/c1-11-33(12-2)23-25-35(15-5)21-17-29(37)39-27-19-31(7,8)40-28-20-32(9,10)41-30(38)18-22-36(16-6)26-24-34(13-3)14-4/h11-28H2,1-10H3. The molecule has 0 aromatic rings. The van der Waals surface area contributed by atoms with E-state index in [9.17, 15) is 9.59 Å². The van der Waals surface area contributed by atoms with Crippen molar-refractivity contribution < 1.29 is 23.8 Å². The molecule has 0 rings (SSSR count). The minimum absolute atomic E-state index is 0.162. The first-order valence-corrected chi connectivity index (χ1v) is 16.3. The molecule has 41 heavy (non-hydrogen) atoms. The van der Waals surface area contributed by atoms with Crippen molar-refractivity contribution in [2.45, 2.75) is 106 Å². The van der Waals surface area contributed by atoms with Crippen LogP contribution in [0.15, 0.2) is 0 Å². The molecule has 244 valence electrons. The second-order valence-electron chi connectivity index (χ2n) is 12.0. The summed E-state index contributed by atoms with van der Waals surface area (Å²) in [5, 5.41) is 0. The first kappa shape index (κ1) is 39.7. The van der Waals surface area contributed by atoms with E-state index in [1.54, 1.807) is 0 Å². The van der Waals surface area contributed by atoms with Gasteiger partial charge in [0.25, 0.3) is 0 Å². The highest BCUT2D eigenvalue weighted by Gasteiger charge is 2.26.